The number of nitrogens with two attached hydrogens (primary N) is 1. The topological polar surface area (TPSA) is 73.6 Å². The van der Waals surface area contributed by atoms with E-state index in [1.807, 2.05) is 0 Å². The molecule has 5 heteroatoms. The van der Waals surface area contributed by atoms with E-state index in [4.69, 9.17) is 15.2 Å². The van der Waals surface area contributed by atoms with E-state index in [0.717, 1.165) is 19.3 Å². The molecule has 0 radical (unpaired) electrons. The van der Waals surface area contributed by atoms with Gasteiger partial charge < -0.3 is 20.5 Å². The largest absolute Gasteiger partial charge is 0.497 e. The highest BCUT2D eigenvalue weighted by Gasteiger charge is 2.24. The minimum absolute atomic E-state index is 0.168. The fourth-order valence-electron chi connectivity index (χ4n) is 2.68. The Hall–Kier alpha value is -1.91. The number of nitrogen functional groups attached to an aromatic ring is 1. The van der Waals surface area contributed by atoms with Crippen LogP contribution in [0.2, 0.25) is 0 Å². The summed E-state index contributed by atoms with van der Waals surface area (Å²) in [5, 5.41) is 3.04. The first-order valence-corrected chi connectivity index (χ1v) is 6.87. The molecule has 1 amide bonds. The second-order valence-corrected chi connectivity index (χ2v) is 5.38. The lowest BCUT2D eigenvalue weighted by Crippen LogP contribution is -2.33. The van der Waals surface area contributed by atoms with Crippen LogP contribution in [0.4, 0.5) is 5.69 Å². The van der Waals surface area contributed by atoms with Gasteiger partial charge in [0.15, 0.2) is 0 Å². The van der Waals surface area contributed by atoms with Gasteiger partial charge in [-0.15, -0.1) is 0 Å². The van der Waals surface area contributed by atoms with E-state index in [-0.39, 0.29) is 11.9 Å². The van der Waals surface area contributed by atoms with Crippen molar-refractivity contribution in [3.05, 3.63) is 17.7 Å². The molecule has 2 atom stereocenters. The zero-order chi connectivity index (χ0) is 14.7. The van der Waals surface area contributed by atoms with Crippen molar-refractivity contribution in [1.29, 1.82) is 0 Å². The normalized spacial score (nSPS) is 21.6. The molecule has 1 saturated carbocycles. The standard InChI is InChI=1S/C15H22N2O3/c1-9-4-5-10(6-9)17-15(18)12-7-11(19-2)8-13(20-3)14(12)16/h7-10H,4-6,16H2,1-3H3,(H,17,18). The molecular weight excluding hydrogens is 256 g/mol. The summed E-state index contributed by atoms with van der Waals surface area (Å²) in [4.78, 5) is 12.4. The Bertz CT molecular complexity index is 502. The fourth-order valence-corrected chi connectivity index (χ4v) is 2.68. The van der Waals surface area contributed by atoms with Gasteiger partial charge in [0.1, 0.15) is 11.5 Å². The Morgan fingerprint density at radius 2 is 2.05 bits per heavy atom. The van der Waals surface area contributed by atoms with Gasteiger partial charge >= 0.3 is 0 Å². The maximum atomic E-state index is 12.4. The molecule has 5 nitrogen and oxygen atoms in total. The Morgan fingerprint density at radius 3 is 2.60 bits per heavy atom. The molecule has 1 aromatic carbocycles. The zero-order valence-corrected chi connectivity index (χ0v) is 12.2. The third-order valence-corrected chi connectivity index (χ3v) is 3.85. The number of nitrogens with one attached hydrogen (secondary N) is 1. The van der Waals surface area contributed by atoms with Gasteiger partial charge in [0.2, 0.25) is 0 Å². The number of amides is 1. The van der Waals surface area contributed by atoms with Gasteiger partial charge in [-0.25, -0.2) is 0 Å². The van der Waals surface area contributed by atoms with Crippen LogP contribution in [0.5, 0.6) is 11.5 Å². The Kier molecular flexibility index (Phi) is 4.37. The maximum absolute atomic E-state index is 12.4. The van der Waals surface area contributed by atoms with Crippen LogP contribution in [0.3, 0.4) is 0 Å². The van der Waals surface area contributed by atoms with Crippen molar-refractivity contribution in [2.24, 2.45) is 5.92 Å². The molecule has 20 heavy (non-hydrogen) atoms. The van der Waals surface area contributed by atoms with Crippen molar-refractivity contribution in [3.8, 4) is 11.5 Å². The number of carbonyl (C=O) groups excluding carboxylic acids is 1. The molecule has 2 unspecified atom stereocenters. The van der Waals surface area contributed by atoms with E-state index < -0.39 is 0 Å². The lowest BCUT2D eigenvalue weighted by atomic mass is 10.1. The van der Waals surface area contributed by atoms with Crippen LogP contribution >= 0.6 is 0 Å². The number of hydrogen-bond acceptors (Lipinski definition) is 4. The number of anilines is 1. The first-order valence-electron chi connectivity index (χ1n) is 6.87. The Morgan fingerprint density at radius 1 is 1.30 bits per heavy atom. The predicted molar refractivity (Wildman–Crippen MR) is 78.2 cm³/mol. The lowest BCUT2D eigenvalue weighted by Gasteiger charge is -2.16. The van der Waals surface area contributed by atoms with E-state index in [1.165, 1.54) is 7.11 Å². The smallest absolute Gasteiger partial charge is 0.253 e. The molecule has 3 N–H and O–H groups in total. The number of ether oxygens (including phenoxy) is 2. The molecule has 0 heterocycles. The van der Waals surface area contributed by atoms with Crippen molar-refractivity contribution in [3.63, 3.8) is 0 Å². The Balaban J connectivity index is 2.20. The summed E-state index contributed by atoms with van der Waals surface area (Å²) in [7, 11) is 3.07. The summed E-state index contributed by atoms with van der Waals surface area (Å²) in [6.07, 6.45) is 3.20. The van der Waals surface area contributed by atoms with Crippen LogP contribution in [0.25, 0.3) is 0 Å². The van der Waals surface area contributed by atoms with E-state index in [1.54, 1.807) is 19.2 Å². The van der Waals surface area contributed by atoms with Crippen LogP contribution in [-0.4, -0.2) is 26.2 Å². The summed E-state index contributed by atoms with van der Waals surface area (Å²) < 4.78 is 10.4. The monoisotopic (exact) mass is 278 g/mol. The van der Waals surface area contributed by atoms with Gasteiger partial charge in [0.05, 0.1) is 25.5 Å². The van der Waals surface area contributed by atoms with Gasteiger partial charge in [-0.05, 0) is 31.2 Å². The van der Waals surface area contributed by atoms with Crippen molar-refractivity contribution in [2.75, 3.05) is 20.0 Å². The molecule has 0 spiro atoms. The number of carbonyl (C=O) groups is 1. The average molecular weight is 278 g/mol. The van der Waals surface area contributed by atoms with E-state index in [9.17, 15) is 4.79 Å². The SMILES string of the molecule is COc1cc(OC)c(N)c(C(=O)NC2CCC(C)C2)c1. The molecule has 0 bridgehead atoms. The van der Waals surface area contributed by atoms with Crippen LogP contribution < -0.4 is 20.5 Å². The number of rotatable bonds is 4. The number of hydrogen-bond donors (Lipinski definition) is 2. The molecule has 1 aliphatic rings. The third kappa shape index (κ3) is 2.98. The zero-order valence-electron chi connectivity index (χ0n) is 12.2. The molecule has 0 saturated heterocycles. The summed E-state index contributed by atoms with van der Waals surface area (Å²) in [6.45, 7) is 2.20. The number of benzene rings is 1. The molecule has 1 aliphatic carbocycles. The predicted octanol–water partition coefficient (Wildman–Crippen LogP) is 2.20. The molecule has 2 rings (SSSR count). The first kappa shape index (κ1) is 14.5. The average Bonchev–Trinajstić information content (AvgIpc) is 2.84. The highest BCUT2D eigenvalue weighted by Crippen LogP contribution is 2.31. The minimum Gasteiger partial charge on any atom is -0.497 e. The second-order valence-electron chi connectivity index (χ2n) is 5.38. The van der Waals surface area contributed by atoms with E-state index in [2.05, 4.69) is 12.2 Å². The van der Waals surface area contributed by atoms with Gasteiger partial charge in [-0.1, -0.05) is 6.92 Å². The van der Waals surface area contributed by atoms with Gasteiger partial charge in [-0.3, -0.25) is 4.79 Å². The van der Waals surface area contributed by atoms with Crippen LogP contribution in [-0.2, 0) is 0 Å². The van der Waals surface area contributed by atoms with Crippen molar-refractivity contribution in [2.45, 2.75) is 32.2 Å². The first-order chi connectivity index (χ1) is 9.55. The van der Waals surface area contributed by atoms with E-state index >= 15 is 0 Å². The fraction of sp³-hybridized carbons (Fsp3) is 0.533. The molecular formula is C15H22N2O3. The van der Waals surface area contributed by atoms with Crippen molar-refractivity contribution in [1.82, 2.24) is 5.32 Å². The van der Waals surface area contributed by atoms with Crippen molar-refractivity contribution >= 4 is 11.6 Å². The maximum Gasteiger partial charge on any atom is 0.253 e. The molecule has 110 valence electrons. The van der Waals surface area contributed by atoms with E-state index in [0.29, 0.717) is 28.7 Å². The summed E-state index contributed by atoms with van der Waals surface area (Å²) in [6, 6.07) is 3.55. The minimum atomic E-state index is -0.168. The molecule has 1 fully saturated rings. The molecule has 0 aromatic heterocycles. The Labute approximate surface area is 119 Å². The quantitative estimate of drug-likeness (QED) is 0.828. The summed E-state index contributed by atoms with van der Waals surface area (Å²) in [5.41, 5.74) is 6.73. The van der Waals surface area contributed by atoms with Gasteiger partial charge in [0, 0.05) is 12.1 Å². The number of methoxy groups -OCH3 is 2. The van der Waals surface area contributed by atoms with Gasteiger partial charge in [0.25, 0.3) is 5.91 Å². The van der Waals surface area contributed by atoms with Crippen LogP contribution in [0.1, 0.15) is 36.5 Å². The van der Waals surface area contributed by atoms with Crippen molar-refractivity contribution < 1.29 is 14.3 Å². The van der Waals surface area contributed by atoms with Crippen LogP contribution in [0, 0.1) is 5.92 Å². The van der Waals surface area contributed by atoms with Crippen LogP contribution in [0.15, 0.2) is 12.1 Å². The second kappa shape index (κ2) is 6.03. The molecule has 0 aliphatic heterocycles. The highest BCUT2D eigenvalue weighted by molar-refractivity contribution is 6.01. The third-order valence-electron chi connectivity index (χ3n) is 3.85. The lowest BCUT2D eigenvalue weighted by molar-refractivity contribution is 0.0937. The highest BCUT2D eigenvalue weighted by atomic mass is 16.5. The molecule has 1 aromatic rings. The summed E-state index contributed by atoms with van der Waals surface area (Å²) in [5.74, 6) is 1.51. The van der Waals surface area contributed by atoms with Gasteiger partial charge in [-0.2, -0.15) is 0 Å². The summed E-state index contributed by atoms with van der Waals surface area (Å²) >= 11 is 0.